The summed E-state index contributed by atoms with van der Waals surface area (Å²) in [5, 5.41) is 9.60. The largest absolute Gasteiger partial charge is 0.506 e. The predicted octanol–water partition coefficient (Wildman–Crippen LogP) is 2.84. The van der Waals surface area contributed by atoms with Crippen LogP contribution in [0.2, 0.25) is 0 Å². The van der Waals surface area contributed by atoms with E-state index < -0.39 is 0 Å². The number of nitrogens with zero attached hydrogens (tertiary/aromatic N) is 2. The maximum absolute atomic E-state index is 9.60. The number of aromatic hydroxyl groups is 1. The molecule has 0 aromatic heterocycles. The molecular formula is C16H14BrN3O2. The van der Waals surface area contributed by atoms with Gasteiger partial charge in [0.1, 0.15) is 18.2 Å². The second kappa shape index (κ2) is 4.91. The van der Waals surface area contributed by atoms with Crippen molar-refractivity contribution in [3.8, 4) is 5.75 Å². The highest BCUT2D eigenvalue weighted by atomic mass is 79.9. The lowest BCUT2D eigenvalue weighted by atomic mass is 10.1. The topological polar surface area (TPSA) is 71.1 Å². The van der Waals surface area contributed by atoms with E-state index in [1.165, 1.54) is 5.57 Å². The highest BCUT2D eigenvalue weighted by Gasteiger charge is 2.33. The van der Waals surface area contributed by atoms with Crippen molar-refractivity contribution in [3.63, 3.8) is 0 Å². The van der Waals surface area contributed by atoms with Gasteiger partial charge >= 0.3 is 0 Å². The van der Waals surface area contributed by atoms with E-state index in [0.717, 1.165) is 40.1 Å². The van der Waals surface area contributed by atoms with Crippen LogP contribution in [0.5, 0.6) is 5.75 Å². The third-order valence-electron chi connectivity index (χ3n) is 4.06. The SMILES string of the molecule is Nc1cc(C2=NC=C3C(Br)=COCC4=C3N2CC4)ccc1O. The Balaban J connectivity index is 1.85. The zero-order chi connectivity index (χ0) is 15.3. The molecule has 3 heterocycles. The smallest absolute Gasteiger partial charge is 0.140 e. The van der Waals surface area contributed by atoms with Crippen LogP contribution in [-0.2, 0) is 4.74 Å². The molecule has 1 aromatic carbocycles. The Bertz CT molecular complexity index is 793. The lowest BCUT2D eigenvalue weighted by Crippen LogP contribution is -2.31. The standard InChI is InChI=1S/C16H14BrN3O2/c17-12-8-22-7-10-3-4-20-15(10)11(12)6-19-16(20)9-1-2-14(21)13(18)5-9/h1-2,5-6,8,21H,3-4,7,18H2. The number of aliphatic imine (C=N–C) groups is 1. The average molecular weight is 360 g/mol. The van der Waals surface area contributed by atoms with Gasteiger partial charge in [-0.15, -0.1) is 0 Å². The minimum atomic E-state index is 0.0891. The van der Waals surface area contributed by atoms with Crippen molar-refractivity contribution in [2.75, 3.05) is 18.9 Å². The fourth-order valence-electron chi connectivity index (χ4n) is 2.99. The second-order valence-corrected chi connectivity index (χ2v) is 6.25. The maximum atomic E-state index is 9.60. The van der Waals surface area contributed by atoms with Gasteiger partial charge in [-0.05, 0) is 46.1 Å². The number of benzene rings is 1. The average Bonchev–Trinajstić information content (AvgIpc) is 2.86. The summed E-state index contributed by atoms with van der Waals surface area (Å²) >= 11 is 3.54. The molecule has 0 radical (unpaired) electrons. The maximum Gasteiger partial charge on any atom is 0.140 e. The Labute approximate surface area is 136 Å². The molecule has 0 aliphatic carbocycles. The number of rotatable bonds is 1. The van der Waals surface area contributed by atoms with Crippen LogP contribution >= 0.6 is 15.9 Å². The van der Waals surface area contributed by atoms with Gasteiger partial charge in [0.2, 0.25) is 0 Å². The quantitative estimate of drug-likeness (QED) is 0.597. The van der Waals surface area contributed by atoms with Gasteiger partial charge in [0.25, 0.3) is 0 Å². The highest BCUT2D eigenvalue weighted by Crippen LogP contribution is 2.40. The van der Waals surface area contributed by atoms with E-state index in [4.69, 9.17) is 10.5 Å². The van der Waals surface area contributed by atoms with Gasteiger partial charge in [-0.2, -0.15) is 0 Å². The fourth-order valence-corrected chi connectivity index (χ4v) is 3.41. The third kappa shape index (κ3) is 1.94. The molecule has 0 fully saturated rings. The number of nitrogens with two attached hydrogens (primary N) is 1. The molecular weight excluding hydrogens is 346 g/mol. The molecule has 112 valence electrons. The van der Waals surface area contributed by atoms with Crippen LogP contribution in [0.3, 0.4) is 0 Å². The molecule has 3 N–H and O–H groups in total. The molecule has 0 saturated heterocycles. The predicted molar refractivity (Wildman–Crippen MR) is 88.5 cm³/mol. The van der Waals surface area contributed by atoms with Gasteiger partial charge in [-0.25, -0.2) is 4.99 Å². The fraction of sp³-hybridized carbons (Fsp3) is 0.188. The zero-order valence-electron chi connectivity index (χ0n) is 11.7. The summed E-state index contributed by atoms with van der Waals surface area (Å²) in [6, 6.07) is 5.19. The van der Waals surface area contributed by atoms with Gasteiger partial charge < -0.3 is 20.5 Å². The first-order chi connectivity index (χ1) is 10.6. The van der Waals surface area contributed by atoms with Gasteiger partial charge in [0, 0.05) is 23.9 Å². The molecule has 5 nitrogen and oxygen atoms in total. The highest BCUT2D eigenvalue weighted by molar-refractivity contribution is 9.12. The molecule has 0 spiro atoms. The molecule has 6 heteroatoms. The molecule has 0 atom stereocenters. The van der Waals surface area contributed by atoms with Crippen LogP contribution < -0.4 is 5.73 Å². The lowest BCUT2D eigenvalue weighted by molar-refractivity contribution is 0.279. The van der Waals surface area contributed by atoms with Crippen molar-refractivity contribution in [1.82, 2.24) is 4.90 Å². The molecule has 1 aromatic rings. The summed E-state index contributed by atoms with van der Waals surface area (Å²) in [4.78, 5) is 6.80. The Morgan fingerprint density at radius 1 is 1.36 bits per heavy atom. The van der Waals surface area contributed by atoms with Crippen LogP contribution in [0, 0.1) is 0 Å². The Morgan fingerprint density at radius 2 is 2.23 bits per heavy atom. The molecule has 0 amide bonds. The first-order valence-electron chi connectivity index (χ1n) is 6.99. The van der Waals surface area contributed by atoms with E-state index in [-0.39, 0.29) is 5.75 Å². The number of nitrogen functional groups attached to an aromatic ring is 1. The van der Waals surface area contributed by atoms with Gasteiger partial charge in [0.05, 0.1) is 22.1 Å². The summed E-state index contributed by atoms with van der Waals surface area (Å²) in [6.45, 7) is 1.47. The Morgan fingerprint density at radius 3 is 3.05 bits per heavy atom. The summed E-state index contributed by atoms with van der Waals surface area (Å²) in [6.07, 6.45) is 4.53. The van der Waals surface area contributed by atoms with Crippen LogP contribution in [0.15, 0.2) is 57.0 Å². The molecule has 4 rings (SSSR count). The van der Waals surface area contributed by atoms with Crippen molar-refractivity contribution >= 4 is 27.5 Å². The van der Waals surface area contributed by atoms with E-state index in [2.05, 4.69) is 25.8 Å². The minimum absolute atomic E-state index is 0.0891. The Kier molecular flexibility index (Phi) is 3.00. The van der Waals surface area contributed by atoms with Crippen molar-refractivity contribution < 1.29 is 9.84 Å². The number of anilines is 1. The summed E-state index contributed by atoms with van der Waals surface area (Å²) in [5.41, 5.74) is 10.5. The van der Waals surface area contributed by atoms with Crippen LogP contribution in [-0.4, -0.2) is 29.0 Å². The minimum Gasteiger partial charge on any atom is -0.506 e. The summed E-state index contributed by atoms with van der Waals surface area (Å²) in [7, 11) is 0. The number of hydrogen-bond donors (Lipinski definition) is 2. The Hall–Kier alpha value is -2.21. The van der Waals surface area contributed by atoms with E-state index in [1.807, 2.05) is 12.3 Å². The second-order valence-electron chi connectivity index (χ2n) is 5.40. The molecule has 0 unspecified atom stereocenters. The van der Waals surface area contributed by atoms with Crippen LogP contribution in [0.25, 0.3) is 0 Å². The monoisotopic (exact) mass is 359 g/mol. The van der Waals surface area contributed by atoms with Gasteiger partial charge in [0.15, 0.2) is 0 Å². The number of allylic oxidation sites excluding steroid dienone is 1. The number of ether oxygens (including phenoxy) is 1. The van der Waals surface area contributed by atoms with Crippen LogP contribution in [0.4, 0.5) is 5.69 Å². The van der Waals surface area contributed by atoms with E-state index in [9.17, 15) is 5.11 Å². The zero-order valence-corrected chi connectivity index (χ0v) is 13.3. The number of halogens is 1. The number of amidine groups is 1. The van der Waals surface area contributed by atoms with Crippen molar-refractivity contribution in [1.29, 1.82) is 0 Å². The van der Waals surface area contributed by atoms with Crippen LogP contribution in [0.1, 0.15) is 12.0 Å². The number of phenolic OH excluding ortho intramolecular Hbond substituents is 1. The van der Waals surface area contributed by atoms with Gasteiger partial charge in [-0.1, -0.05) is 0 Å². The summed E-state index contributed by atoms with van der Waals surface area (Å²) in [5.74, 6) is 0.939. The van der Waals surface area contributed by atoms with E-state index in [1.54, 1.807) is 18.4 Å². The van der Waals surface area contributed by atoms with E-state index >= 15 is 0 Å². The number of hydrogen-bond acceptors (Lipinski definition) is 5. The van der Waals surface area contributed by atoms with E-state index in [0.29, 0.717) is 12.3 Å². The first kappa shape index (κ1) is 13.5. The van der Waals surface area contributed by atoms with Crippen molar-refractivity contribution in [2.45, 2.75) is 6.42 Å². The summed E-state index contributed by atoms with van der Waals surface area (Å²) < 4.78 is 6.47. The lowest BCUT2D eigenvalue weighted by Gasteiger charge is -2.28. The van der Waals surface area contributed by atoms with Crippen molar-refractivity contribution in [2.24, 2.45) is 4.99 Å². The normalized spacial score (nSPS) is 19.9. The molecule has 3 aliphatic heterocycles. The molecule has 22 heavy (non-hydrogen) atoms. The van der Waals surface area contributed by atoms with Gasteiger partial charge in [-0.3, -0.25) is 0 Å². The molecule has 0 bridgehead atoms. The third-order valence-corrected chi connectivity index (χ3v) is 4.67. The number of phenols is 1. The van der Waals surface area contributed by atoms with Crippen molar-refractivity contribution in [3.05, 3.63) is 57.6 Å². The molecule has 3 aliphatic rings. The molecule has 0 saturated carbocycles. The first-order valence-corrected chi connectivity index (χ1v) is 7.79.